The first-order valence-corrected chi connectivity index (χ1v) is 2.95. The van der Waals surface area contributed by atoms with Gasteiger partial charge in [0.15, 0.2) is 0 Å². The van der Waals surface area contributed by atoms with Gasteiger partial charge in [0.05, 0.1) is 0 Å². The smallest absolute Gasteiger partial charge is 0.475 e. The molecule has 0 aromatic carbocycles. The van der Waals surface area contributed by atoms with Gasteiger partial charge in [-0.25, -0.2) is 9.59 Å². The van der Waals surface area contributed by atoms with Crippen molar-refractivity contribution in [3.63, 3.8) is 0 Å². The van der Waals surface area contributed by atoms with Crippen molar-refractivity contribution in [2.45, 2.75) is 6.18 Å². The number of amides is 2. The van der Waals surface area contributed by atoms with Gasteiger partial charge in [-0.3, -0.25) is 0 Å². The van der Waals surface area contributed by atoms with Crippen LogP contribution in [0.1, 0.15) is 0 Å². The minimum absolute atomic E-state index is 0.157. The first-order valence-electron chi connectivity index (χ1n) is 2.95. The molecule has 0 aliphatic carbocycles. The SMILES string of the molecule is CNC(=O)NC.O=C(O)C(F)(F)F. The first-order chi connectivity index (χ1) is 5.75. The Labute approximate surface area is 71.9 Å². The van der Waals surface area contributed by atoms with E-state index in [-0.39, 0.29) is 6.03 Å². The van der Waals surface area contributed by atoms with Crippen molar-refractivity contribution in [1.82, 2.24) is 10.6 Å². The Balaban J connectivity index is 0. The maximum atomic E-state index is 10.6. The summed E-state index contributed by atoms with van der Waals surface area (Å²) in [4.78, 5) is 18.9. The Hall–Kier alpha value is -1.47. The number of alkyl halides is 3. The molecule has 0 fully saturated rings. The summed E-state index contributed by atoms with van der Waals surface area (Å²) in [7, 11) is 3.14. The van der Waals surface area contributed by atoms with Crippen molar-refractivity contribution >= 4 is 12.0 Å². The minimum atomic E-state index is -5.08. The molecular formula is C5H9F3N2O3. The molecule has 0 saturated carbocycles. The van der Waals surface area contributed by atoms with Crippen molar-refractivity contribution in [3.05, 3.63) is 0 Å². The number of carbonyl (C=O) groups excluding carboxylic acids is 1. The molecule has 3 N–H and O–H groups in total. The molecule has 5 nitrogen and oxygen atoms in total. The highest BCUT2D eigenvalue weighted by Crippen LogP contribution is 2.13. The number of rotatable bonds is 0. The van der Waals surface area contributed by atoms with Gasteiger partial charge in [0.2, 0.25) is 0 Å². The molecule has 0 aromatic rings. The van der Waals surface area contributed by atoms with Gasteiger partial charge in [-0.2, -0.15) is 13.2 Å². The fraction of sp³-hybridized carbons (Fsp3) is 0.600. The lowest BCUT2D eigenvalue weighted by atomic mass is 10.7. The van der Waals surface area contributed by atoms with Crippen LogP contribution in [0, 0.1) is 0 Å². The van der Waals surface area contributed by atoms with E-state index in [1.165, 1.54) is 0 Å². The van der Waals surface area contributed by atoms with Crippen LogP contribution in [-0.4, -0.2) is 37.4 Å². The minimum Gasteiger partial charge on any atom is -0.475 e. The molecule has 8 heteroatoms. The molecular weight excluding hydrogens is 193 g/mol. The second kappa shape index (κ2) is 6.09. The molecule has 0 aliphatic heterocycles. The normalized spacial score (nSPS) is 9.31. The largest absolute Gasteiger partial charge is 0.490 e. The quantitative estimate of drug-likeness (QED) is 0.524. The average Bonchev–Trinajstić information content (AvgIpc) is 2.02. The standard InChI is InChI=1S/C3H8N2O.C2HF3O2/c1-4-3(6)5-2;3-2(4,5)1(6)7/h1-2H3,(H2,4,5,6);(H,6,7). The summed E-state index contributed by atoms with van der Waals surface area (Å²) in [5, 5.41) is 11.9. The van der Waals surface area contributed by atoms with E-state index in [0.717, 1.165) is 0 Å². The third-order valence-corrected chi connectivity index (χ3v) is 0.697. The van der Waals surface area contributed by atoms with Crippen LogP contribution < -0.4 is 10.6 Å². The number of hydrogen-bond donors (Lipinski definition) is 3. The van der Waals surface area contributed by atoms with Gasteiger partial charge < -0.3 is 15.7 Å². The maximum absolute atomic E-state index is 10.6. The molecule has 0 heterocycles. The molecule has 0 unspecified atom stereocenters. The molecule has 0 bridgehead atoms. The van der Waals surface area contributed by atoms with Crippen molar-refractivity contribution in [2.24, 2.45) is 0 Å². The highest BCUT2D eigenvalue weighted by atomic mass is 19.4. The van der Waals surface area contributed by atoms with Gasteiger partial charge >= 0.3 is 18.2 Å². The lowest BCUT2D eigenvalue weighted by Gasteiger charge is -1.93. The Morgan fingerprint density at radius 2 is 1.38 bits per heavy atom. The molecule has 0 rings (SSSR count). The van der Waals surface area contributed by atoms with Gasteiger partial charge in [-0.1, -0.05) is 0 Å². The van der Waals surface area contributed by atoms with Gasteiger partial charge in [-0.15, -0.1) is 0 Å². The van der Waals surface area contributed by atoms with Crippen molar-refractivity contribution in [1.29, 1.82) is 0 Å². The lowest BCUT2D eigenvalue weighted by Crippen LogP contribution is -2.28. The number of hydrogen-bond acceptors (Lipinski definition) is 2. The van der Waals surface area contributed by atoms with Crippen molar-refractivity contribution in [3.8, 4) is 0 Å². The van der Waals surface area contributed by atoms with Crippen LogP contribution in [0.4, 0.5) is 18.0 Å². The number of halogens is 3. The Kier molecular flexibility index (Phi) is 6.60. The van der Waals surface area contributed by atoms with Crippen LogP contribution >= 0.6 is 0 Å². The summed E-state index contributed by atoms with van der Waals surface area (Å²) in [5.74, 6) is -2.76. The van der Waals surface area contributed by atoms with Gasteiger partial charge in [0.1, 0.15) is 0 Å². The fourth-order valence-corrected chi connectivity index (χ4v) is 0.125. The summed E-state index contributed by atoms with van der Waals surface area (Å²) in [6, 6.07) is -0.157. The van der Waals surface area contributed by atoms with Crippen molar-refractivity contribution < 1.29 is 27.9 Å². The molecule has 0 aliphatic rings. The second-order valence-corrected chi connectivity index (χ2v) is 1.63. The van der Waals surface area contributed by atoms with Gasteiger partial charge in [0, 0.05) is 14.1 Å². The third-order valence-electron chi connectivity index (χ3n) is 0.697. The molecule has 0 saturated heterocycles. The molecule has 78 valence electrons. The maximum Gasteiger partial charge on any atom is 0.490 e. The highest BCUT2D eigenvalue weighted by Gasteiger charge is 2.38. The predicted molar refractivity (Wildman–Crippen MR) is 37.2 cm³/mol. The van der Waals surface area contributed by atoms with Crippen LogP contribution in [0.25, 0.3) is 0 Å². The molecule has 0 aromatic heterocycles. The van der Waals surface area contributed by atoms with Crippen LogP contribution in [-0.2, 0) is 4.79 Å². The van der Waals surface area contributed by atoms with E-state index in [9.17, 15) is 18.0 Å². The van der Waals surface area contributed by atoms with E-state index < -0.39 is 12.1 Å². The summed E-state index contributed by atoms with van der Waals surface area (Å²) in [5.41, 5.74) is 0. The van der Waals surface area contributed by atoms with Gasteiger partial charge in [-0.05, 0) is 0 Å². The average molecular weight is 202 g/mol. The first kappa shape index (κ1) is 14.1. The number of carbonyl (C=O) groups is 2. The number of aliphatic carboxylic acids is 1. The molecule has 0 radical (unpaired) electrons. The summed E-state index contributed by atoms with van der Waals surface area (Å²) in [6.07, 6.45) is -5.08. The fourth-order valence-electron chi connectivity index (χ4n) is 0.125. The monoisotopic (exact) mass is 202 g/mol. The van der Waals surface area contributed by atoms with E-state index in [0.29, 0.717) is 0 Å². The summed E-state index contributed by atoms with van der Waals surface area (Å²) in [6.45, 7) is 0. The van der Waals surface area contributed by atoms with Crippen LogP contribution in [0.5, 0.6) is 0 Å². The molecule has 2 amide bonds. The van der Waals surface area contributed by atoms with E-state index in [2.05, 4.69) is 10.6 Å². The second-order valence-electron chi connectivity index (χ2n) is 1.63. The topological polar surface area (TPSA) is 78.4 Å². The molecule has 0 atom stereocenters. The molecule has 0 spiro atoms. The van der Waals surface area contributed by atoms with Gasteiger partial charge in [0.25, 0.3) is 0 Å². The number of urea groups is 1. The van der Waals surface area contributed by atoms with Crippen LogP contribution in [0.15, 0.2) is 0 Å². The number of carboxylic acid groups (broad SMARTS) is 1. The Morgan fingerprint density at radius 3 is 1.38 bits per heavy atom. The number of carboxylic acids is 1. The third kappa shape index (κ3) is 10.5. The van der Waals surface area contributed by atoms with E-state index in [1.54, 1.807) is 14.1 Å². The van der Waals surface area contributed by atoms with E-state index in [1.807, 2.05) is 0 Å². The van der Waals surface area contributed by atoms with E-state index >= 15 is 0 Å². The van der Waals surface area contributed by atoms with Crippen LogP contribution in [0.2, 0.25) is 0 Å². The zero-order chi connectivity index (χ0) is 11.1. The summed E-state index contributed by atoms with van der Waals surface area (Å²) < 4.78 is 31.7. The van der Waals surface area contributed by atoms with Crippen molar-refractivity contribution in [2.75, 3.05) is 14.1 Å². The molecule has 13 heavy (non-hydrogen) atoms. The van der Waals surface area contributed by atoms with Crippen LogP contribution in [0.3, 0.4) is 0 Å². The Morgan fingerprint density at radius 1 is 1.15 bits per heavy atom. The zero-order valence-electron chi connectivity index (χ0n) is 6.90. The lowest BCUT2D eigenvalue weighted by molar-refractivity contribution is -0.192. The summed E-state index contributed by atoms with van der Waals surface area (Å²) >= 11 is 0. The zero-order valence-corrected chi connectivity index (χ0v) is 6.90. The Bertz CT molecular complexity index is 174. The predicted octanol–water partition coefficient (Wildman–Crippen LogP) is 0.178. The highest BCUT2D eigenvalue weighted by molar-refractivity contribution is 5.73. The number of nitrogens with one attached hydrogen (secondary N) is 2. The van der Waals surface area contributed by atoms with E-state index in [4.69, 9.17) is 9.90 Å².